The number of amides is 1. The fourth-order valence-electron chi connectivity index (χ4n) is 2.92. The fourth-order valence-corrected chi connectivity index (χ4v) is 2.92. The van der Waals surface area contributed by atoms with Gasteiger partial charge >= 0.3 is 0 Å². The lowest BCUT2D eigenvalue weighted by Gasteiger charge is -2.32. The number of hydrogen-bond donors (Lipinski definition) is 2. The second-order valence-electron chi connectivity index (χ2n) is 5.30. The molecular weight excluding hydrogens is 266 g/mol. The lowest BCUT2D eigenvalue weighted by atomic mass is 9.75. The molecule has 1 amide bonds. The number of nitrogens with two attached hydrogens (primary N) is 1. The van der Waals surface area contributed by atoms with Gasteiger partial charge in [0, 0.05) is 13.0 Å². The first-order valence-electron chi connectivity index (χ1n) is 6.82. The van der Waals surface area contributed by atoms with Crippen LogP contribution in [0.5, 0.6) is 0 Å². The predicted molar refractivity (Wildman–Crippen MR) is 80.5 cm³/mol. The highest BCUT2D eigenvalue weighted by atomic mass is 16.3. The van der Waals surface area contributed by atoms with Crippen LogP contribution in [0.15, 0.2) is 59.3 Å². The Balaban J connectivity index is 2.14. The number of allylic oxidation sites excluding steroid dienone is 2. The Labute approximate surface area is 123 Å². The molecule has 1 aliphatic heterocycles. The summed E-state index contributed by atoms with van der Waals surface area (Å²) in [5.41, 5.74) is 5.65. The van der Waals surface area contributed by atoms with Gasteiger partial charge in [0.15, 0.2) is 11.5 Å². The molecular formula is C16H17N3O2. The minimum Gasteiger partial charge on any atom is -0.508 e. The van der Waals surface area contributed by atoms with E-state index in [0.717, 1.165) is 5.56 Å². The first-order chi connectivity index (χ1) is 10.1. The molecule has 0 bridgehead atoms. The lowest BCUT2D eigenvalue weighted by molar-refractivity contribution is -0.132. The molecule has 1 unspecified atom stereocenters. The summed E-state index contributed by atoms with van der Waals surface area (Å²) in [7, 11) is 1.63. The minimum absolute atomic E-state index is 0.143. The zero-order valence-corrected chi connectivity index (χ0v) is 11.7. The summed E-state index contributed by atoms with van der Waals surface area (Å²) in [6, 6.07) is 9.44. The molecule has 5 nitrogen and oxygen atoms in total. The summed E-state index contributed by atoms with van der Waals surface area (Å²) in [4.78, 5) is 18.7. The average molecular weight is 283 g/mol. The fraction of sp³-hybridized carbons (Fsp3) is 0.250. The number of rotatable bonds is 2. The normalized spacial score (nSPS) is 28.5. The highest BCUT2D eigenvalue weighted by Crippen LogP contribution is 2.43. The van der Waals surface area contributed by atoms with Crippen molar-refractivity contribution in [3.05, 3.63) is 59.9 Å². The van der Waals surface area contributed by atoms with Crippen LogP contribution in [0.25, 0.3) is 0 Å². The third-order valence-electron chi connectivity index (χ3n) is 4.10. The third-order valence-corrected chi connectivity index (χ3v) is 4.10. The van der Waals surface area contributed by atoms with E-state index in [4.69, 9.17) is 5.73 Å². The van der Waals surface area contributed by atoms with Gasteiger partial charge in [0.2, 0.25) is 0 Å². The maximum absolute atomic E-state index is 12.8. The Morgan fingerprint density at radius 3 is 2.62 bits per heavy atom. The topological polar surface area (TPSA) is 78.9 Å². The van der Waals surface area contributed by atoms with Gasteiger partial charge in [-0.05, 0) is 24.1 Å². The number of carbonyl (C=O) groups excluding carboxylic acids is 1. The van der Waals surface area contributed by atoms with Crippen molar-refractivity contribution in [2.75, 3.05) is 7.05 Å². The van der Waals surface area contributed by atoms with Crippen LogP contribution in [-0.2, 0) is 10.3 Å². The molecule has 0 spiro atoms. The van der Waals surface area contributed by atoms with Crippen molar-refractivity contribution in [1.29, 1.82) is 0 Å². The van der Waals surface area contributed by atoms with Crippen molar-refractivity contribution < 1.29 is 9.90 Å². The zero-order valence-electron chi connectivity index (χ0n) is 11.7. The summed E-state index contributed by atoms with van der Waals surface area (Å²) in [6.07, 6.45) is 5.67. The minimum atomic E-state index is -1.05. The molecule has 1 aliphatic carbocycles. The van der Waals surface area contributed by atoms with Gasteiger partial charge in [-0.2, -0.15) is 0 Å². The lowest BCUT2D eigenvalue weighted by Crippen LogP contribution is -2.44. The molecule has 3 N–H and O–H groups in total. The van der Waals surface area contributed by atoms with Crippen LogP contribution in [0, 0.1) is 5.92 Å². The van der Waals surface area contributed by atoms with Crippen molar-refractivity contribution in [2.24, 2.45) is 16.6 Å². The van der Waals surface area contributed by atoms with Gasteiger partial charge in [0.25, 0.3) is 5.91 Å². The largest absolute Gasteiger partial charge is 0.508 e. The van der Waals surface area contributed by atoms with Crippen LogP contribution in [0.3, 0.4) is 0 Å². The van der Waals surface area contributed by atoms with E-state index in [0.29, 0.717) is 6.42 Å². The molecule has 0 aromatic heterocycles. The highest BCUT2D eigenvalue weighted by molar-refractivity contribution is 6.07. The van der Waals surface area contributed by atoms with Crippen LogP contribution in [0.1, 0.15) is 12.0 Å². The summed E-state index contributed by atoms with van der Waals surface area (Å²) in [5, 5.41) is 9.51. The van der Waals surface area contributed by atoms with E-state index < -0.39 is 5.54 Å². The molecule has 0 radical (unpaired) electrons. The van der Waals surface area contributed by atoms with E-state index in [1.807, 2.05) is 36.4 Å². The molecule has 2 atom stereocenters. The number of benzene rings is 1. The van der Waals surface area contributed by atoms with Gasteiger partial charge in [-0.3, -0.25) is 9.69 Å². The van der Waals surface area contributed by atoms with Crippen molar-refractivity contribution >= 4 is 11.9 Å². The molecule has 0 fully saturated rings. The molecule has 2 aliphatic rings. The summed E-state index contributed by atoms with van der Waals surface area (Å²) in [6.45, 7) is 0. The number of aliphatic hydroxyl groups is 1. The number of aliphatic hydroxyl groups excluding tert-OH is 1. The zero-order chi connectivity index (χ0) is 15.0. The smallest absolute Gasteiger partial charge is 0.262 e. The Kier molecular flexibility index (Phi) is 3.05. The van der Waals surface area contributed by atoms with Crippen LogP contribution < -0.4 is 5.73 Å². The predicted octanol–water partition coefficient (Wildman–Crippen LogP) is 1.69. The van der Waals surface area contributed by atoms with E-state index in [-0.39, 0.29) is 23.5 Å². The first-order valence-corrected chi connectivity index (χ1v) is 6.82. The van der Waals surface area contributed by atoms with Crippen LogP contribution in [0.4, 0.5) is 0 Å². The Morgan fingerprint density at radius 2 is 2.10 bits per heavy atom. The molecule has 3 rings (SSSR count). The third kappa shape index (κ3) is 1.93. The first kappa shape index (κ1) is 13.4. The van der Waals surface area contributed by atoms with Crippen LogP contribution in [0.2, 0.25) is 0 Å². The van der Waals surface area contributed by atoms with Crippen LogP contribution in [-0.4, -0.2) is 28.9 Å². The quantitative estimate of drug-likeness (QED) is 0.866. The van der Waals surface area contributed by atoms with E-state index >= 15 is 0 Å². The van der Waals surface area contributed by atoms with Gasteiger partial charge in [-0.1, -0.05) is 36.4 Å². The van der Waals surface area contributed by atoms with Gasteiger partial charge < -0.3 is 10.8 Å². The molecule has 0 saturated carbocycles. The number of aliphatic imine (C=N–C) groups is 1. The van der Waals surface area contributed by atoms with Crippen molar-refractivity contribution in [2.45, 2.75) is 12.0 Å². The van der Waals surface area contributed by atoms with Crippen molar-refractivity contribution in [1.82, 2.24) is 4.90 Å². The van der Waals surface area contributed by atoms with Crippen molar-refractivity contribution in [3.8, 4) is 0 Å². The SMILES string of the molecule is CN1C(=O)[C@](c2ccccc2)(C2C=CC(O)=CC2)N=C1N. The molecule has 0 saturated heterocycles. The van der Waals surface area contributed by atoms with Gasteiger partial charge in [0.1, 0.15) is 5.76 Å². The van der Waals surface area contributed by atoms with Gasteiger partial charge in [0.05, 0.1) is 0 Å². The Morgan fingerprint density at radius 1 is 1.38 bits per heavy atom. The molecule has 5 heteroatoms. The maximum atomic E-state index is 12.8. The number of likely N-dealkylation sites (N-methyl/N-ethyl adjacent to an activating group) is 1. The summed E-state index contributed by atoms with van der Waals surface area (Å²) >= 11 is 0. The van der Waals surface area contributed by atoms with Crippen molar-refractivity contribution in [3.63, 3.8) is 0 Å². The second-order valence-corrected chi connectivity index (χ2v) is 5.30. The van der Waals surface area contributed by atoms with E-state index in [2.05, 4.69) is 4.99 Å². The second kappa shape index (κ2) is 4.77. The van der Waals surface area contributed by atoms with Crippen LogP contribution >= 0.6 is 0 Å². The Bertz CT molecular complexity index is 663. The summed E-state index contributed by atoms with van der Waals surface area (Å²) in [5.74, 6) is 0.115. The standard InChI is InChI=1S/C16H17N3O2/c1-19-14(21)16(18-15(19)17,11-5-3-2-4-6-11)12-7-9-13(20)10-8-12/h2-7,9-10,12,20H,8H2,1H3,(H2,17,18)/t12?,16-/m0/s1. The maximum Gasteiger partial charge on any atom is 0.262 e. The van der Waals surface area contributed by atoms with E-state index in [1.54, 1.807) is 19.2 Å². The molecule has 1 heterocycles. The monoisotopic (exact) mass is 283 g/mol. The molecule has 21 heavy (non-hydrogen) atoms. The van der Waals surface area contributed by atoms with Gasteiger partial charge in [-0.25, -0.2) is 4.99 Å². The number of nitrogens with zero attached hydrogens (tertiary/aromatic N) is 2. The summed E-state index contributed by atoms with van der Waals surface area (Å²) < 4.78 is 0. The molecule has 108 valence electrons. The molecule has 1 aromatic carbocycles. The van der Waals surface area contributed by atoms with Gasteiger partial charge in [-0.15, -0.1) is 0 Å². The highest BCUT2D eigenvalue weighted by Gasteiger charge is 2.52. The average Bonchev–Trinajstić information content (AvgIpc) is 2.74. The number of hydrogen-bond acceptors (Lipinski definition) is 4. The van der Waals surface area contributed by atoms with E-state index in [1.165, 1.54) is 4.90 Å². The Hall–Kier alpha value is -2.56. The molecule has 1 aromatic rings. The number of guanidine groups is 1. The van der Waals surface area contributed by atoms with E-state index in [9.17, 15) is 9.90 Å². The number of carbonyl (C=O) groups is 1.